The summed E-state index contributed by atoms with van der Waals surface area (Å²) in [6, 6.07) is 0. The first-order chi connectivity index (χ1) is 7.91. The Bertz CT molecular complexity index is 101. The van der Waals surface area contributed by atoms with Crippen LogP contribution in [0.3, 0.4) is 0 Å². The third-order valence-electron chi connectivity index (χ3n) is 2.81. The van der Waals surface area contributed by atoms with Crippen LogP contribution in [0.1, 0.15) is 71.1 Å². The van der Waals surface area contributed by atoms with Gasteiger partial charge in [0.1, 0.15) is 0 Å². The molecule has 0 aromatic rings. The molecule has 0 amide bonds. The molecule has 1 aliphatic heterocycles. The average molecular weight is 228 g/mol. The van der Waals surface area contributed by atoms with Gasteiger partial charge in [-0.2, -0.15) is 0 Å². The van der Waals surface area contributed by atoms with Crippen LogP contribution in [0.4, 0.5) is 0 Å². The molecule has 1 saturated heterocycles. The summed E-state index contributed by atoms with van der Waals surface area (Å²) in [4.78, 5) is 0. The van der Waals surface area contributed by atoms with Gasteiger partial charge < -0.3 is 11.1 Å². The smallest absolute Gasteiger partial charge is 0.00772 e. The van der Waals surface area contributed by atoms with Crippen molar-refractivity contribution in [3.05, 3.63) is 0 Å². The first-order valence-electron chi connectivity index (χ1n) is 7.32. The third kappa shape index (κ3) is 19.5. The molecule has 3 N–H and O–H groups in total. The van der Waals surface area contributed by atoms with Crippen molar-refractivity contribution in [1.29, 1.82) is 0 Å². The molecule has 0 unspecified atom stereocenters. The van der Waals surface area contributed by atoms with Crippen molar-refractivity contribution in [2.45, 2.75) is 71.1 Å². The quantitative estimate of drug-likeness (QED) is 0.444. The van der Waals surface area contributed by atoms with Crippen LogP contribution in [0.2, 0.25) is 0 Å². The van der Waals surface area contributed by atoms with E-state index >= 15 is 0 Å². The van der Waals surface area contributed by atoms with Gasteiger partial charge in [-0.3, -0.25) is 0 Å². The number of rotatable bonds is 10. The van der Waals surface area contributed by atoms with Gasteiger partial charge in [0.2, 0.25) is 0 Å². The molecule has 98 valence electrons. The molecule has 0 aliphatic carbocycles. The lowest BCUT2D eigenvalue weighted by Crippen LogP contribution is -1.97. The van der Waals surface area contributed by atoms with Crippen LogP contribution >= 0.6 is 0 Å². The van der Waals surface area contributed by atoms with Gasteiger partial charge in [-0.25, -0.2) is 0 Å². The zero-order valence-electron chi connectivity index (χ0n) is 11.3. The van der Waals surface area contributed by atoms with Gasteiger partial charge in [-0.05, 0) is 13.0 Å². The molecule has 2 heteroatoms. The van der Waals surface area contributed by atoms with Crippen molar-refractivity contribution in [3.8, 4) is 0 Å². The highest BCUT2D eigenvalue weighted by atomic mass is 15.0. The maximum atomic E-state index is 5.42. The molecule has 0 aromatic heterocycles. The van der Waals surface area contributed by atoms with E-state index in [4.69, 9.17) is 5.73 Å². The minimum absolute atomic E-state index is 0.872. The van der Waals surface area contributed by atoms with Gasteiger partial charge in [-0.1, -0.05) is 64.7 Å². The van der Waals surface area contributed by atoms with Crippen LogP contribution in [0.5, 0.6) is 0 Å². The van der Waals surface area contributed by atoms with Crippen LogP contribution < -0.4 is 11.1 Å². The SMILES string of the molecule is C1CN1.CCCCCCCCCCCCN. The second-order valence-electron chi connectivity index (χ2n) is 4.72. The summed E-state index contributed by atoms with van der Waals surface area (Å²) < 4.78 is 0. The standard InChI is InChI=1S/C12H27N.C2H5N/c1-2-3-4-5-6-7-8-9-10-11-12-13;1-2-3-1/h2-13H2,1H3;3H,1-2H2. The molecule has 0 atom stereocenters. The molecule has 0 aromatic carbocycles. The van der Waals surface area contributed by atoms with Crippen LogP contribution in [-0.4, -0.2) is 19.6 Å². The lowest BCUT2D eigenvalue weighted by molar-refractivity contribution is 0.558. The summed E-state index contributed by atoms with van der Waals surface area (Å²) >= 11 is 0. The highest BCUT2D eigenvalue weighted by Gasteiger charge is 1.91. The van der Waals surface area contributed by atoms with Gasteiger partial charge in [0, 0.05) is 13.1 Å². The first-order valence-corrected chi connectivity index (χ1v) is 7.32. The zero-order valence-corrected chi connectivity index (χ0v) is 11.3. The normalized spacial score (nSPS) is 13.1. The van der Waals surface area contributed by atoms with Crippen molar-refractivity contribution >= 4 is 0 Å². The summed E-state index contributed by atoms with van der Waals surface area (Å²) in [5, 5.41) is 3.00. The van der Waals surface area contributed by atoms with Crippen molar-refractivity contribution in [3.63, 3.8) is 0 Å². The van der Waals surface area contributed by atoms with E-state index in [1.54, 1.807) is 0 Å². The molecule has 1 heterocycles. The molecule has 16 heavy (non-hydrogen) atoms. The van der Waals surface area contributed by atoms with E-state index in [0.29, 0.717) is 0 Å². The highest BCUT2D eigenvalue weighted by Crippen LogP contribution is 2.09. The van der Waals surface area contributed by atoms with Gasteiger partial charge in [0.05, 0.1) is 0 Å². The average Bonchev–Trinajstić information content (AvgIpc) is 3.14. The van der Waals surface area contributed by atoms with E-state index in [2.05, 4.69) is 12.2 Å². The van der Waals surface area contributed by atoms with Crippen LogP contribution in [0, 0.1) is 0 Å². The highest BCUT2D eigenvalue weighted by molar-refractivity contribution is 4.58. The van der Waals surface area contributed by atoms with Gasteiger partial charge >= 0.3 is 0 Å². The molecular formula is C14H32N2. The molecular weight excluding hydrogens is 196 g/mol. The molecule has 0 saturated carbocycles. The van der Waals surface area contributed by atoms with Crippen molar-refractivity contribution < 1.29 is 0 Å². The van der Waals surface area contributed by atoms with Crippen LogP contribution in [0.25, 0.3) is 0 Å². The Kier molecular flexibility index (Phi) is 14.8. The molecule has 0 bridgehead atoms. The minimum atomic E-state index is 0.872. The summed E-state index contributed by atoms with van der Waals surface area (Å²) in [7, 11) is 0. The van der Waals surface area contributed by atoms with Gasteiger partial charge in [-0.15, -0.1) is 0 Å². The predicted molar refractivity (Wildman–Crippen MR) is 73.8 cm³/mol. The number of hydrogen-bond donors (Lipinski definition) is 2. The zero-order chi connectivity index (χ0) is 11.9. The van der Waals surface area contributed by atoms with E-state index in [1.807, 2.05) is 0 Å². The van der Waals surface area contributed by atoms with Crippen molar-refractivity contribution in [2.24, 2.45) is 5.73 Å². The second-order valence-corrected chi connectivity index (χ2v) is 4.72. The Morgan fingerprint density at radius 3 is 1.44 bits per heavy atom. The maximum absolute atomic E-state index is 5.42. The van der Waals surface area contributed by atoms with E-state index < -0.39 is 0 Å². The fraction of sp³-hybridized carbons (Fsp3) is 1.00. The Morgan fingerprint density at radius 1 is 0.750 bits per heavy atom. The maximum Gasteiger partial charge on any atom is 0.00772 e. The van der Waals surface area contributed by atoms with Gasteiger partial charge in [0.15, 0.2) is 0 Å². The number of nitrogens with one attached hydrogen (secondary N) is 1. The molecule has 2 nitrogen and oxygen atoms in total. The predicted octanol–water partition coefficient (Wildman–Crippen LogP) is 3.46. The number of unbranched alkanes of at least 4 members (excludes halogenated alkanes) is 9. The number of hydrogen-bond acceptors (Lipinski definition) is 2. The topological polar surface area (TPSA) is 48.0 Å². The Morgan fingerprint density at radius 2 is 1.12 bits per heavy atom. The van der Waals surface area contributed by atoms with Crippen molar-refractivity contribution in [2.75, 3.05) is 19.6 Å². The largest absolute Gasteiger partial charge is 0.330 e. The van der Waals surface area contributed by atoms with E-state index in [0.717, 1.165) is 6.54 Å². The molecule has 0 spiro atoms. The summed E-state index contributed by atoms with van der Waals surface area (Å²) in [5.74, 6) is 0. The fourth-order valence-electron chi connectivity index (χ4n) is 1.63. The number of nitrogens with two attached hydrogens (primary N) is 1. The van der Waals surface area contributed by atoms with Crippen LogP contribution in [0.15, 0.2) is 0 Å². The second kappa shape index (κ2) is 14.9. The van der Waals surface area contributed by atoms with E-state index in [9.17, 15) is 0 Å². The van der Waals surface area contributed by atoms with E-state index in [-0.39, 0.29) is 0 Å². The summed E-state index contributed by atoms with van der Waals surface area (Å²) in [6.45, 7) is 5.64. The molecule has 1 fully saturated rings. The minimum Gasteiger partial charge on any atom is -0.330 e. The molecule has 1 aliphatic rings. The summed E-state index contributed by atoms with van der Waals surface area (Å²) in [5.41, 5.74) is 5.42. The molecule has 1 rings (SSSR count). The summed E-state index contributed by atoms with van der Waals surface area (Å²) in [6.07, 6.45) is 13.9. The lowest BCUT2D eigenvalue weighted by atomic mass is 10.1. The van der Waals surface area contributed by atoms with E-state index in [1.165, 1.54) is 77.3 Å². The third-order valence-corrected chi connectivity index (χ3v) is 2.81. The van der Waals surface area contributed by atoms with Gasteiger partial charge in [0.25, 0.3) is 0 Å². The Hall–Kier alpha value is -0.0800. The van der Waals surface area contributed by atoms with Crippen LogP contribution in [-0.2, 0) is 0 Å². The monoisotopic (exact) mass is 228 g/mol. The van der Waals surface area contributed by atoms with Crippen molar-refractivity contribution in [1.82, 2.24) is 5.32 Å². The Labute approximate surface area is 102 Å². The first kappa shape index (κ1) is 15.9. The molecule has 0 radical (unpaired) electrons. The lowest BCUT2D eigenvalue weighted by Gasteiger charge is -2.00. The fourth-order valence-corrected chi connectivity index (χ4v) is 1.63. The Balaban J connectivity index is 0.000000635.